The van der Waals surface area contributed by atoms with E-state index in [-0.39, 0.29) is 6.61 Å². The van der Waals surface area contributed by atoms with Crippen LogP contribution in [0.1, 0.15) is 26.3 Å². The fourth-order valence-corrected chi connectivity index (χ4v) is 2.35. The molecule has 2 N–H and O–H groups in total. The molecule has 0 radical (unpaired) electrons. The fourth-order valence-electron chi connectivity index (χ4n) is 1.73. The first kappa shape index (κ1) is 21.2. The molecule has 0 unspecified atom stereocenters. The zero-order valence-corrected chi connectivity index (χ0v) is 16.8. The summed E-state index contributed by atoms with van der Waals surface area (Å²) in [4.78, 5) is 11.4. The maximum atomic E-state index is 11.4. The van der Waals surface area contributed by atoms with Gasteiger partial charge in [-0.1, -0.05) is 0 Å². The van der Waals surface area contributed by atoms with Gasteiger partial charge in [0.2, 0.25) is 0 Å². The normalized spacial score (nSPS) is 10.4. The summed E-state index contributed by atoms with van der Waals surface area (Å²) >= 11 is 8.48. The average Bonchev–Trinajstić information content (AvgIpc) is 2.56. The second-order valence-corrected chi connectivity index (χ2v) is 5.84. The minimum Gasteiger partial charge on any atom is -0.490 e. The molecular formula is C16H22BrN3O4S. The number of hydrazone groups is 1. The molecule has 7 nitrogen and oxygen atoms in total. The molecule has 1 aromatic rings. The molecule has 0 saturated carbocycles. The van der Waals surface area contributed by atoms with Gasteiger partial charge < -0.3 is 19.5 Å². The van der Waals surface area contributed by atoms with Gasteiger partial charge in [-0.3, -0.25) is 5.43 Å². The minimum absolute atomic E-state index is 0.188. The van der Waals surface area contributed by atoms with Crippen LogP contribution in [0.5, 0.6) is 11.5 Å². The highest BCUT2D eigenvalue weighted by Crippen LogP contribution is 2.33. The van der Waals surface area contributed by atoms with Crippen LogP contribution in [0.15, 0.2) is 21.7 Å². The smallest absolute Gasteiger partial charge is 0.344 e. The highest BCUT2D eigenvalue weighted by molar-refractivity contribution is 9.10. The maximum absolute atomic E-state index is 11.4. The number of ether oxygens (including phenoxy) is 3. The van der Waals surface area contributed by atoms with Crippen molar-refractivity contribution in [2.24, 2.45) is 5.10 Å². The van der Waals surface area contributed by atoms with E-state index >= 15 is 0 Å². The molecule has 25 heavy (non-hydrogen) atoms. The summed E-state index contributed by atoms with van der Waals surface area (Å²) in [5.74, 6) is 0.508. The van der Waals surface area contributed by atoms with Crippen LogP contribution in [0.3, 0.4) is 0 Å². The SMILES string of the molecule is CCNC(=S)N/N=C\c1cc(OCC)c(OCC(=O)OCC)cc1Br. The lowest BCUT2D eigenvalue weighted by molar-refractivity contribution is -0.145. The molecule has 0 spiro atoms. The number of esters is 1. The van der Waals surface area contributed by atoms with E-state index in [4.69, 9.17) is 26.4 Å². The topological polar surface area (TPSA) is 81.2 Å². The Morgan fingerprint density at radius 2 is 1.96 bits per heavy atom. The van der Waals surface area contributed by atoms with Crippen molar-refractivity contribution in [1.82, 2.24) is 10.7 Å². The standard InChI is InChI=1S/C16H22BrN3O4S/c1-4-18-16(25)20-19-9-11-7-13(22-5-2)14(8-12(11)17)24-10-15(21)23-6-3/h7-9H,4-6,10H2,1-3H3,(H2,18,20,25)/b19-9-. The van der Waals surface area contributed by atoms with Gasteiger partial charge in [0.15, 0.2) is 23.2 Å². The number of rotatable bonds is 9. The second kappa shape index (κ2) is 11.6. The summed E-state index contributed by atoms with van der Waals surface area (Å²) in [6.07, 6.45) is 1.60. The Morgan fingerprint density at radius 3 is 2.60 bits per heavy atom. The molecular weight excluding hydrogens is 410 g/mol. The van der Waals surface area contributed by atoms with Crippen molar-refractivity contribution in [3.05, 3.63) is 22.2 Å². The van der Waals surface area contributed by atoms with Crippen LogP contribution in [0, 0.1) is 0 Å². The molecule has 0 amide bonds. The number of hydrogen-bond donors (Lipinski definition) is 2. The lowest BCUT2D eigenvalue weighted by atomic mass is 10.2. The van der Waals surface area contributed by atoms with Gasteiger partial charge in [0, 0.05) is 16.6 Å². The second-order valence-electron chi connectivity index (χ2n) is 4.58. The van der Waals surface area contributed by atoms with E-state index in [1.807, 2.05) is 13.8 Å². The van der Waals surface area contributed by atoms with Crippen LogP contribution in [0.2, 0.25) is 0 Å². The number of nitrogens with one attached hydrogen (secondary N) is 2. The monoisotopic (exact) mass is 431 g/mol. The van der Waals surface area contributed by atoms with Crippen LogP contribution < -0.4 is 20.2 Å². The lowest BCUT2D eigenvalue weighted by Gasteiger charge is -2.13. The highest BCUT2D eigenvalue weighted by atomic mass is 79.9. The van der Waals surface area contributed by atoms with Gasteiger partial charge in [0.1, 0.15) is 0 Å². The summed E-state index contributed by atoms with van der Waals surface area (Å²) in [7, 11) is 0. The Morgan fingerprint density at radius 1 is 1.24 bits per heavy atom. The van der Waals surface area contributed by atoms with E-state index in [0.29, 0.717) is 36.4 Å². The number of benzene rings is 1. The highest BCUT2D eigenvalue weighted by Gasteiger charge is 2.12. The minimum atomic E-state index is -0.437. The summed E-state index contributed by atoms with van der Waals surface area (Å²) in [5, 5.41) is 7.44. The molecule has 0 heterocycles. The van der Waals surface area contributed by atoms with Crippen molar-refractivity contribution in [1.29, 1.82) is 0 Å². The third kappa shape index (κ3) is 7.70. The van der Waals surface area contributed by atoms with Crippen LogP contribution in [0.25, 0.3) is 0 Å². The van der Waals surface area contributed by atoms with E-state index in [9.17, 15) is 4.79 Å². The van der Waals surface area contributed by atoms with E-state index < -0.39 is 5.97 Å². The Balaban J connectivity index is 2.87. The van der Waals surface area contributed by atoms with E-state index in [1.165, 1.54) is 0 Å². The molecule has 0 fully saturated rings. The molecule has 1 aromatic carbocycles. The maximum Gasteiger partial charge on any atom is 0.344 e. The van der Waals surface area contributed by atoms with E-state index in [0.717, 1.165) is 10.0 Å². The molecule has 138 valence electrons. The lowest BCUT2D eigenvalue weighted by Crippen LogP contribution is -2.31. The Bertz CT molecular complexity index is 626. The molecule has 0 aromatic heterocycles. The van der Waals surface area contributed by atoms with Crippen LogP contribution in [0.4, 0.5) is 0 Å². The van der Waals surface area contributed by atoms with Gasteiger partial charge in [0.25, 0.3) is 0 Å². The third-order valence-corrected chi connectivity index (χ3v) is 3.64. The third-order valence-electron chi connectivity index (χ3n) is 2.72. The van der Waals surface area contributed by atoms with E-state index in [2.05, 4.69) is 31.8 Å². The Labute approximate surface area is 161 Å². The molecule has 1 rings (SSSR count). The number of carbonyl (C=O) groups excluding carboxylic acids is 1. The predicted octanol–water partition coefficient (Wildman–Crippen LogP) is 2.61. The van der Waals surface area contributed by atoms with Gasteiger partial charge in [-0.2, -0.15) is 5.10 Å². The first-order chi connectivity index (χ1) is 12.0. The van der Waals surface area contributed by atoms with Crippen molar-refractivity contribution in [2.45, 2.75) is 20.8 Å². The molecule has 0 bridgehead atoms. The molecule has 0 saturated heterocycles. The van der Waals surface area contributed by atoms with Crippen molar-refractivity contribution >= 4 is 45.4 Å². The summed E-state index contributed by atoms with van der Waals surface area (Å²) in [6.45, 7) is 6.83. The summed E-state index contributed by atoms with van der Waals surface area (Å²) in [5.41, 5.74) is 3.48. The molecule has 0 aliphatic heterocycles. The number of nitrogens with zero attached hydrogens (tertiary/aromatic N) is 1. The van der Waals surface area contributed by atoms with Crippen molar-refractivity contribution in [3.8, 4) is 11.5 Å². The van der Waals surface area contributed by atoms with Crippen molar-refractivity contribution in [2.75, 3.05) is 26.4 Å². The zero-order valence-electron chi connectivity index (χ0n) is 14.4. The zero-order chi connectivity index (χ0) is 18.7. The Hall–Kier alpha value is -1.87. The first-order valence-electron chi connectivity index (χ1n) is 7.83. The van der Waals surface area contributed by atoms with Crippen LogP contribution in [-0.2, 0) is 9.53 Å². The van der Waals surface area contributed by atoms with Gasteiger partial charge in [-0.05, 0) is 61.1 Å². The number of hydrogen-bond acceptors (Lipinski definition) is 6. The van der Waals surface area contributed by atoms with Crippen molar-refractivity contribution in [3.63, 3.8) is 0 Å². The molecule has 9 heteroatoms. The van der Waals surface area contributed by atoms with Gasteiger partial charge in [-0.25, -0.2) is 4.79 Å². The van der Waals surface area contributed by atoms with Crippen molar-refractivity contribution < 1.29 is 19.0 Å². The quantitative estimate of drug-likeness (QED) is 0.269. The van der Waals surface area contributed by atoms with Crippen LogP contribution in [-0.4, -0.2) is 43.7 Å². The van der Waals surface area contributed by atoms with Crippen LogP contribution >= 0.6 is 28.1 Å². The largest absolute Gasteiger partial charge is 0.490 e. The average molecular weight is 432 g/mol. The van der Waals surface area contributed by atoms with E-state index in [1.54, 1.807) is 25.3 Å². The first-order valence-corrected chi connectivity index (χ1v) is 9.03. The Kier molecular flexibility index (Phi) is 9.86. The molecule has 0 aliphatic rings. The number of carbonyl (C=O) groups is 1. The van der Waals surface area contributed by atoms with Gasteiger partial charge >= 0.3 is 5.97 Å². The predicted molar refractivity (Wildman–Crippen MR) is 104 cm³/mol. The molecule has 0 atom stereocenters. The van der Waals surface area contributed by atoms with Gasteiger partial charge in [0.05, 0.1) is 19.4 Å². The summed E-state index contributed by atoms with van der Waals surface area (Å²) < 4.78 is 16.6. The number of thiocarbonyl (C=S) groups is 1. The number of halogens is 1. The fraction of sp³-hybridized carbons (Fsp3) is 0.438. The molecule has 0 aliphatic carbocycles. The van der Waals surface area contributed by atoms with Gasteiger partial charge in [-0.15, -0.1) is 0 Å². The summed E-state index contributed by atoms with van der Waals surface area (Å²) in [6, 6.07) is 3.48.